The number of hydrogen-bond acceptors (Lipinski definition) is 2. The normalized spacial score (nSPS) is 12.9. The summed E-state index contributed by atoms with van der Waals surface area (Å²) >= 11 is 0. The standard InChI is InChI=1S/C78H72N4/c1-75(2,3)53-24-34-58(35-25-53)79(59-36-26-54(27-37-59)76(4,5)6)62-32-22-49-46-69-65(44-51(49)42-62)66-48-71-72(64-20-16-17-21-68(64)81(71)57-18-14-13-15-19-57)73-67-45-52-43-63(33-23-50(52)47-70(67)82(69)74(66)73)80(60-38-28-55(29-39-60)77(7,8)9)61-40-30-56(31-41-61)78(10,11)12/h13-48H,1-12H3. The minimum atomic E-state index is 0.0467. The number of rotatable bonds is 7. The molecule has 0 atom stereocenters. The molecule has 404 valence electrons. The van der Waals surface area contributed by atoms with Crippen molar-refractivity contribution < 1.29 is 0 Å². The summed E-state index contributed by atoms with van der Waals surface area (Å²) < 4.78 is 5.07. The lowest BCUT2D eigenvalue weighted by Crippen LogP contribution is -2.14. The molecule has 0 bridgehead atoms. The van der Waals surface area contributed by atoms with E-state index in [1.165, 1.54) is 104 Å². The molecule has 3 heterocycles. The molecule has 4 heteroatoms. The predicted molar refractivity (Wildman–Crippen MR) is 355 cm³/mol. The zero-order chi connectivity index (χ0) is 56.8. The summed E-state index contributed by atoms with van der Waals surface area (Å²) in [6.45, 7) is 27.4. The van der Waals surface area contributed by atoms with Gasteiger partial charge in [0.05, 0.1) is 27.6 Å². The van der Waals surface area contributed by atoms with Crippen LogP contribution in [-0.4, -0.2) is 8.97 Å². The Morgan fingerprint density at radius 3 is 1.10 bits per heavy atom. The average Bonchev–Trinajstić information content (AvgIpc) is 2.74. The Kier molecular flexibility index (Phi) is 11.5. The van der Waals surface area contributed by atoms with Gasteiger partial charge < -0.3 is 18.8 Å². The van der Waals surface area contributed by atoms with Gasteiger partial charge in [0, 0.05) is 72.1 Å². The molecule has 11 aromatic carbocycles. The summed E-state index contributed by atoms with van der Waals surface area (Å²) in [7, 11) is 0. The minimum absolute atomic E-state index is 0.0467. The summed E-state index contributed by atoms with van der Waals surface area (Å²) in [5.74, 6) is 0. The van der Waals surface area contributed by atoms with Crippen molar-refractivity contribution in [1.82, 2.24) is 8.97 Å². The summed E-state index contributed by atoms with van der Waals surface area (Å²) in [5, 5.41) is 12.4. The van der Waals surface area contributed by atoms with Gasteiger partial charge in [0.25, 0.3) is 0 Å². The lowest BCUT2D eigenvalue weighted by molar-refractivity contribution is 0.590. The first-order valence-electron chi connectivity index (χ1n) is 29.3. The van der Waals surface area contributed by atoms with Gasteiger partial charge in [-0.15, -0.1) is 0 Å². The van der Waals surface area contributed by atoms with Crippen molar-refractivity contribution in [3.63, 3.8) is 0 Å². The van der Waals surface area contributed by atoms with E-state index in [-0.39, 0.29) is 21.7 Å². The molecule has 0 saturated carbocycles. The number of fused-ring (bicyclic) bond motifs is 12. The van der Waals surface area contributed by atoms with E-state index in [4.69, 9.17) is 0 Å². The Hall–Kier alpha value is -8.86. The van der Waals surface area contributed by atoms with Crippen LogP contribution in [0.3, 0.4) is 0 Å². The topological polar surface area (TPSA) is 15.8 Å². The van der Waals surface area contributed by atoms with Crippen LogP contribution in [0.1, 0.15) is 105 Å². The van der Waals surface area contributed by atoms with Gasteiger partial charge in [-0.3, -0.25) is 0 Å². The fourth-order valence-electron chi connectivity index (χ4n) is 13.0. The molecule has 0 unspecified atom stereocenters. The second-order valence-electron chi connectivity index (χ2n) is 27.2. The van der Waals surface area contributed by atoms with E-state index in [9.17, 15) is 0 Å². The van der Waals surface area contributed by atoms with Crippen molar-refractivity contribution in [3.05, 3.63) is 241 Å². The molecule has 0 aliphatic heterocycles. The average molecular weight is 1070 g/mol. The minimum Gasteiger partial charge on any atom is -0.310 e. The molecule has 82 heavy (non-hydrogen) atoms. The van der Waals surface area contributed by atoms with Crippen LogP contribution in [0.15, 0.2) is 218 Å². The van der Waals surface area contributed by atoms with Crippen molar-refractivity contribution in [2.45, 2.75) is 105 Å². The smallest absolute Gasteiger partial charge is 0.0628 e. The SMILES string of the molecule is CC(C)(C)c1ccc(N(c2ccc(C(C)(C)C)cc2)c2ccc3cc4c(cc3c2)c2cc3c(c5ccccc5n3-c3ccccc3)c3c5cc6cc(N(c7ccc(C(C)(C)C)cc7)c7ccc(C(C)(C)C)cc7)ccc6cc5n4c23)cc1. The van der Waals surface area contributed by atoms with Crippen LogP contribution in [0.25, 0.3) is 87.1 Å². The zero-order valence-corrected chi connectivity index (χ0v) is 49.6. The summed E-state index contributed by atoms with van der Waals surface area (Å²) in [4.78, 5) is 4.85. The largest absolute Gasteiger partial charge is 0.310 e. The summed E-state index contributed by atoms with van der Waals surface area (Å²) in [6, 6.07) is 83.1. The molecule has 0 fully saturated rings. The van der Waals surface area contributed by atoms with Gasteiger partial charge in [-0.25, -0.2) is 0 Å². The number of para-hydroxylation sites is 2. The monoisotopic (exact) mass is 1060 g/mol. The second-order valence-corrected chi connectivity index (χ2v) is 27.2. The van der Waals surface area contributed by atoms with E-state index in [0.717, 1.165) is 39.8 Å². The lowest BCUT2D eigenvalue weighted by atomic mass is 9.86. The third-order valence-corrected chi connectivity index (χ3v) is 17.6. The highest BCUT2D eigenvalue weighted by molar-refractivity contribution is 6.37. The highest BCUT2D eigenvalue weighted by Gasteiger charge is 2.27. The second kappa shape index (κ2) is 18.3. The Morgan fingerprint density at radius 2 is 0.659 bits per heavy atom. The lowest BCUT2D eigenvalue weighted by Gasteiger charge is -2.28. The number of benzene rings is 11. The maximum atomic E-state index is 2.59. The predicted octanol–water partition coefficient (Wildman–Crippen LogP) is 22.4. The number of anilines is 6. The first-order valence-corrected chi connectivity index (χ1v) is 29.3. The maximum absolute atomic E-state index is 2.59. The van der Waals surface area contributed by atoms with Gasteiger partial charge in [0.2, 0.25) is 0 Å². The van der Waals surface area contributed by atoms with E-state index < -0.39 is 0 Å². The van der Waals surface area contributed by atoms with Gasteiger partial charge in [-0.2, -0.15) is 0 Å². The van der Waals surface area contributed by atoms with Gasteiger partial charge in [-0.05, 0) is 187 Å². The molecule has 0 aliphatic carbocycles. The van der Waals surface area contributed by atoms with Gasteiger partial charge in [0.15, 0.2) is 0 Å². The van der Waals surface area contributed by atoms with Crippen LogP contribution in [-0.2, 0) is 21.7 Å². The van der Waals surface area contributed by atoms with Crippen LogP contribution in [0, 0.1) is 0 Å². The molecule has 0 saturated heterocycles. The molecule has 0 aliphatic rings. The fourth-order valence-corrected chi connectivity index (χ4v) is 13.0. The number of aromatic nitrogens is 2. The molecule has 0 N–H and O–H groups in total. The Labute approximate surface area is 482 Å². The number of hydrogen-bond donors (Lipinski definition) is 0. The van der Waals surface area contributed by atoms with Crippen molar-refractivity contribution in [2.24, 2.45) is 0 Å². The highest BCUT2D eigenvalue weighted by atomic mass is 15.1. The third kappa shape index (κ3) is 8.40. The van der Waals surface area contributed by atoms with E-state index in [0.29, 0.717) is 0 Å². The van der Waals surface area contributed by atoms with Crippen molar-refractivity contribution in [1.29, 1.82) is 0 Å². The van der Waals surface area contributed by atoms with Crippen LogP contribution < -0.4 is 9.80 Å². The van der Waals surface area contributed by atoms with Crippen molar-refractivity contribution in [3.8, 4) is 5.69 Å². The van der Waals surface area contributed by atoms with Crippen LogP contribution >= 0.6 is 0 Å². The van der Waals surface area contributed by atoms with Gasteiger partial charge in [-0.1, -0.05) is 180 Å². The van der Waals surface area contributed by atoms with E-state index >= 15 is 0 Å². The first kappa shape index (κ1) is 51.3. The maximum Gasteiger partial charge on any atom is 0.0628 e. The Bertz CT molecular complexity index is 4660. The number of nitrogens with zero attached hydrogens (tertiary/aromatic N) is 4. The zero-order valence-electron chi connectivity index (χ0n) is 49.6. The van der Waals surface area contributed by atoms with Gasteiger partial charge >= 0.3 is 0 Å². The Morgan fingerprint density at radius 1 is 0.268 bits per heavy atom. The van der Waals surface area contributed by atoms with E-state index in [1.54, 1.807) is 0 Å². The molecule has 0 spiro atoms. The quantitative estimate of drug-likeness (QED) is 0.158. The molecule has 0 radical (unpaired) electrons. The molecule has 0 amide bonds. The molecule has 14 aromatic rings. The van der Waals surface area contributed by atoms with Crippen molar-refractivity contribution >= 4 is 116 Å². The van der Waals surface area contributed by atoms with Crippen molar-refractivity contribution in [2.75, 3.05) is 9.80 Å². The Balaban J connectivity index is 1.01. The van der Waals surface area contributed by atoms with Gasteiger partial charge in [0.1, 0.15) is 0 Å². The fraction of sp³-hybridized carbons (Fsp3) is 0.205. The molecule has 14 rings (SSSR count). The van der Waals surface area contributed by atoms with Crippen LogP contribution in [0.4, 0.5) is 34.1 Å². The third-order valence-electron chi connectivity index (χ3n) is 17.6. The molecular weight excluding hydrogens is 993 g/mol. The molecule has 3 aromatic heterocycles. The van der Waals surface area contributed by atoms with Crippen LogP contribution in [0.2, 0.25) is 0 Å². The first-order chi connectivity index (χ1) is 39.2. The van der Waals surface area contributed by atoms with E-state index in [1.807, 2.05) is 0 Å². The van der Waals surface area contributed by atoms with E-state index in [2.05, 4.69) is 320 Å². The summed E-state index contributed by atoms with van der Waals surface area (Å²) in [6.07, 6.45) is 0. The highest BCUT2D eigenvalue weighted by Crippen LogP contribution is 2.50. The summed E-state index contributed by atoms with van der Waals surface area (Å²) in [5.41, 5.74) is 19.5. The van der Waals surface area contributed by atoms with Crippen LogP contribution in [0.5, 0.6) is 0 Å². The molecule has 4 nitrogen and oxygen atoms in total. The molecular formula is C78H72N4.